The third-order valence-corrected chi connectivity index (χ3v) is 17.2. The van der Waals surface area contributed by atoms with E-state index in [-0.39, 0.29) is 40.8 Å². The number of hydrogen-bond acceptors (Lipinski definition) is 9. The highest BCUT2D eigenvalue weighted by atomic mass is 32.2. The molecular formula is C49H50N4O7S4. The van der Waals surface area contributed by atoms with E-state index in [1.54, 1.807) is 48.5 Å². The first-order valence-corrected chi connectivity index (χ1v) is 25.8. The van der Waals surface area contributed by atoms with Crippen molar-refractivity contribution in [2.75, 3.05) is 31.2 Å². The summed E-state index contributed by atoms with van der Waals surface area (Å²) < 4.78 is 55.8. The van der Waals surface area contributed by atoms with Gasteiger partial charge in [-0.3, -0.25) is 9.59 Å². The van der Waals surface area contributed by atoms with Gasteiger partial charge in [0.15, 0.2) is 0 Å². The summed E-state index contributed by atoms with van der Waals surface area (Å²) in [7, 11) is -7.61. The molecule has 0 aliphatic carbocycles. The number of benzene rings is 6. The number of sulfonamides is 2. The minimum absolute atomic E-state index is 0.0899. The molecule has 0 bridgehead atoms. The van der Waals surface area contributed by atoms with Crippen LogP contribution in [0.4, 0.5) is 0 Å². The Labute approximate surface area is 384 Å². The van der Waals surface area contributed by atoms with Crippen molar-refractivity contribution < 1.29 is 31.5 Å². The molecular weight excluding hydrogens is 885 g/mol. The van der Waals surface area contributed by atoms with Crippen LogP contribution in [0.2, 0.25) is 0 Å². The molecule has 2 fully saturated rings. The zero-order valence-corrected chi connectivity index (χ0v) is 38.5. The summed E-state index contributed by atoms with van der Waals surface area (Å²) in [4.78, 5) is 26.3. The third-order valence-electron chi connectivity index (χ3n) is 10.8. The lowest BCUT2D eigenvalue weighted by Gasteiger charge is -2.25. The number of nitrogens with zero attached hydrogens (tertiary/aromatic N) is 2. The van der Waals surface area contributed by atoms with Gasteiger partial charge >= 0.3 is 0 Å². The molecule has 3 unspecified atom stereocenters. The number of nitrogens with one attached hydrogen (secondary N) is 2. The van der Waals surface area contributed by atoms with E-state index in [0.717, 1.165) is 38.9 Å². The first-order valence-electron chi connectivity index (χ1n) is 20.8. The van der Waals surface area contributed by atoms with Crippen LogP contribution in [0.15, 0.2) is 174 Å². The van der Waals surface area contributed by atoms with E-state index in [2.05, 4.69) is 10.6 Å². The summed E-state index contributed by atoms with van der Waals surface area (Å²) in [5, 5.41) is 13.7. The van der Waals surface area contributed by atoms with Crippen LogP contribution in [0.25, 0.3) is 22.3 Å². The van der Waals surface area contributed by atoms with Gasteiger partial charge in [-0.2, -0.15) is 8.61 Å². The summed E-state index contributed by atoms with van der Waals surface area (Å²) in [6.07, 6.45) is 0.348. The maximum atomic E-state index is 13.4. The van der Waals surface area contributed by atoms with E-state index in [1.807, 2.05) is 122 Å². The topological polar surface area (TPSA) is 153 Å². The summed E-state index contributed by atoms with van der Waals surface area (Å²) >= 11 is 2.66. The fourth-order valence-corrected chi connectivity index (χ4v) is 13.6. The van der Waals surface area contributed by atoms with Gasteiger partial charge < -0.3 is 15.7 Å². The van der Waals surface area contributed by atoms with Crippen molar-refractivity contribution in [1.82, 2.24) is 19.2 Å². The quantitative estimate of drug-likeness (QED) is 0.0998. The molecule has 0 aromatic heterocycles. The van der Waals surface area contributed by atoms with Gasteiger partial charge in [0.1, 0.15) is 10.7 Å². The number of amides is 2. The fraction of sp³-hybridized carbons (Fsp3) is 0.224. The molecule has 0 saturated carbocycles. The highest BCUT2D eigenvalue weighted by Crippen LogP contribution is 2.33. The number of aliphatic hydroxyl groups excluding tert-OH is 1. The molecule has 332 valence electrons. The molecule has 0 radical (unpaired) electrons. The Morgan fingerprint density at radius 2 is 1.06 bits per heavy atom. The number of carbonyl (C=O) groups excluding carboxylic acids is 2. The van der Waals surface area contributed by atoms with Crippen LogP contribution in [-0.4, -0.2) is 84.3 Å². The van der Waals surface area contributed by atoms with Crippen molar-refractivity contribution >= 4 is 55.4 Å². The lowest BCUT2D eigenvalue weighted by molar-refractivity contribution is -0.123. The van der Waals surface area contributed by atoms with Crippen LogP contribution in [0, 0.1) is 6.92 Å². The predicted octanol–water partition coefficient (Wildman–Crippen LogP) is 7.70. The molecule has 2 aliphatic heterocycles. The molecule has 3 atom stereocenters. The molecule has 2 heterocycles. The zero-order chi connectivity index (χ0) is 45.1. The minimum atomic E-state index is -3.84. The van der Waals surface area contributed by atoms with Gasteiger partial charge in [-0.15, -0.1) is 23.5 Å². The summed E-state index contributed by atoms with van der Waals surface area (Å²) in [6, 6.07) is 50.0. The van der Waals surface area contributed by atoms with Crippen molar-refractivity contribution in [2.24, 2.45) is 0 Å². The van der Waals surface area contributed by atoms with E-state index in [9.17, 15) is 31.5 Å². The van der Waals surface area contributed by atoms with E-state index >= 15 is 0 Å². The second-order valence-corrected chi connectivity index (χ2v) is 21.3. The maximum Gasteiger partial charge on any atom is 0.249 e. The zero-order valence-electron chi connectivity index (χ0n) is 35.2. The number of hydrogen-bond donors (Lipinski definition) is 3. The molecule has 2 amide bonds. The van der Waals surface area contributed by atoms with Gasteiger partial charge in [0.2, 0.25) is 31.9 Å². The highest BCUT2D eigenvalue weighted by Gasteiger charge is 2.41. The summed E-state index contributed by atoms with van der Waals surface area (Å²) in [6.45, 7) is 2.86. The summed E-state index contributed by atoms with van der Waals surface area (Å²) in [5.74, 6) is 0.469. The Balaban J connectivity index is 0.000000192. The Morgan fingerprint density at radius 1 is 0.609 bits per heavy atom. The van der Waals surface area contributed by atoms with Crippen LogP contribution in [0.5, 0.6) is 0 Å². The fourth-order valence-electron chi connectivity index (χ4n) is 7.46. The van der Waals surface area contributed by atoms with Crippen LogP contribution in [0.3, 0.4) is 0 Å². The summed E-state index contributed by atoms with van der Waals surface area (Å²) in [5.41, 5.74) is 6.88. The molecule has 6 aromatic carbocycles. The van der Waals surface area contributed by atoms with E-state index in [1.165, 1.54) is 32.1 Å². The predicted molar refractivity (Wildman–Crippen MR) is 256 cm³/mol. The van der Waals surface area contributed by atoms with Crippen LogP contribution in [-0.2, 0) is 36.2 Å². The average Bonchev–Trinajstić information content (AvgIpc) is 4.05. The molecule has 6 aromatic rings. The monoisotopic (exact) mass is 934 g/mol. The van der Waals surface area contributed by atoms with Crippen molar-refractivity contribution in [2.45, 2.75) is 46.5 Å². The molecule has 11 nitrogen and oxygen atoms in total. The standard InChI is InChI=1S/C25H26N2O4S2.C24H24N2O3S2/c28-17-15-23(21-9-5-2-6-10-21)26-24(29)25-27(16-18-32-25)33(30,31)22-13-11-20(12-14-22)19-7-3-1-4-8-19;1-18-6-5-7-19(16-18)17-25-23(27)24-26(14-15-30-24)31(28,29)22-12-10-21(11-13-22)20-8-3-2-4-9-20/h1-14,23,25,28H,15-18H2,(H,26,29);2-13,16,24H,14-15,17H2,1H3,(H,25,27). The SMILES string of the molecule is Cc1cccc(CNC(=O)C2SCCN2S(=O)(=O)c2ccc(-c3ccccc3)cc2)c1.O=C(NC(CCO)c1ccccc1)C1SCCN1S(=O)(=O)c1ccc(-c2ccccc2)cc1. The van der Waals surface area contributed by atoms with Gasteiger partial charge in [0.25, 0.3) is 0 Å². The first-order chi connectivity index (χ1) is 30.9. The molecule has 15 heteroatoms. The Morgan fingerprint density at radius 3 is 1.53 bits per heavy atom. The average molecular weight is 935 g/mol. The van der Waals surface area contributed by atoms with Gasteiger partial charge in [-0.25, -0.2) is 16.8 Å². The second-order valence-electron chi connectivity index (χ2n) is 15.1. The van der Waals surface area contributed by atoms with Crippen molar-refractivity contribution in [3.05, 3.63) is 180 Å². The van der Waals surface area contributed by atoms with E-state index in [0.29, 0.717) is 31.0 Å². The Bertz CT molecular complexity index is 2710. The van der Waals surface area contributed by atoms with Crippen LogP contribution >= 0.6 is 23.5 Å². The normalized spacial score (nSPS) is 17.2. The van der Waals surface area contributed by atoms with Gasteiger partial charge in [0, 0.05) is 37.7 Å². The van der Waals surface area contributed by atoms with E-state index in [4.69, 9.17) is 0 Å². The van der Waals surface area contributed by atoms with Gasteiger partial charge in [-0.05, 0) is 71.0 Å². The number of rotatable bonds is 14. The van der Waals surface area contributed by atoms with Gasteiger partial charge in [0.05, 0.1) is 15.8 Å². The number of carbonyl (C=O) groups is 2. The van der Waals surface area contributed by atoms with Crippen LogP contribution < -0.4 is 10.6 Å². The first kappa shape index (κ1) is 46.7. The van der Waals surface area contributed by atoms with Crippen molar-refractivity contribution in [1.29, 1.82) is 0 Å². The number of thioether (sulfide) groups is 2. The Hall–Kier alpha value is -5.26. The lowest BCUT2D eigenvalue weighted by atomic mass is 10.0. The molecule has 3 N–H and O–H groups in total. The molecule has 64 heavy (non-hydrogen) atoms. The van der Waals surface area contributed by atoms with Crippen molar-refractivity contribution in [3.8, 4) is 22.3 Å². The lowest BCUT2D eigenvalue weighted by Crippen LogP contribution is -2.45. The molecule has 8 rings (SSSR count). The van der Waals surface area contributed by atoms with Gasteiger partial charge in [-0.1, -0.05) is 145 Å². The number of aryl methyl sites for hydroxylation is 1. The minimum Gasteiger partial charge on any atom is -0.396 e. The Kier molecular flexibility index (Phi) is 15.8. The number of aliphatic hydroxyl groups is 1. The second kappa shape index (κ2) is 21.6. The van der Waals surface area contributed by atoms with E-state index < -0.39 is 30.8 Å². The molecule has 2 saturated heterocycles. The molecule has 2 aliphatic rings. The maximum absolute atomic E-state index is 13.4. The highest BCUT2D eigenvalue weighted by molar-refractivity contribution is 8.02. The molecule has 0 spiro atoms. The smallest absolute Gasteiger partial charge is 0.249 e. The largest absolute Gasteiger partial charge is 0.396 e. The van der Waals surface area contributed by atoms with Crippen LogP contribution in [0.1, 0.15) is 29.2 Å². The van der Waals surface area contributed by atoms with Crippen molar-refractivity contribution in [3.63, 3.8) is 0 Å². The third kappa shape index (κ3) is 11.3.